The van der Waals surface area contributed by atoms with Gasteiger partial charge in [-0.25, -0.2) is 0 Å². The van der Waals surface area contributed by atoms with Crippen LogP contribution in [-0.2, 0) is 6.42 Å². The summed E-state index contributed by atoms with van der Waals surface area (Å²) in [5.41, 5.74) is 4.98. The third-order valence-electron chi connectivity index (χ3n) is 4.09. The van der Waals surface area contributed by atoms with Gasteiger partial charge in [0.25, 0.3) is 0 Å². The lowest BCUT2D eigenvalue weighted by Gasteiger charge is -2.06. The average molecular weight is 294 g/mol. The number of hydrogen-bond donors (Lipinski definition) is 1. The smallest absolute Gasteiger partial charge is 0.193 e. The zero-order valence-electron chi connectivity index (χ0n) is 12.9. The number of phenols is 1. The summed E-state index contributed by atoms with van der Waals surface area (Å²) in [5.74, 6) is 0.963. The Hall–Kier alpha value is -2.55. The van der Waals surface area contributed by atoms with E-state index < -0.39 is 0 Å². The van der Waals surface area contributed by atoms with Gasteiger partial charge in [-0.2, -0.15) is 0 Å². The maximum atomic E-state index is 12.6. The van der Waals surface area contributed by atoms with Gasteiger partial charge in [-0.1, -0.05) is 12.1 Å². The molecule has 0 aromatic heterocycles. The second-order valence-corrected chi connectivity index (χ2v) is 5.67. The molecule has 0 atom stereocenters. The molecule has 0 heterocycles. The van der Waals surface area contributed by atoms with Crippen LogP contribution in [0.25, 0.3) is 6.08 Å². The molecule has 1 N–H and O–H groups in total. The summed E-state index contributed by atoms with van der Waals surface area (Å²) >= 11 is 0. The highest BCUT2D eigenvalue weighted by Gasteiger charge is 2.28. The first kappa shape index (κ1) is 14.4. The molecule has 0 saturated heterocycles. The van der Waals surface area contributed by atoms with Crippen LogP contribution in [0.15, 0.2) is 35.9 Å². The summed E-state index contributed by atoms with van der Waals surface area (Å²) in [6.07, 6.45) is 2.52. The molecule has 3 heteroatoms. The van der Waals surface area contributed by atoms with Crippen molar-refractivity contribution in [3.05, 3.63) is 63.7 Å². The van der Waals surface area contributed by atoms with Crippen molar-refractivity contribution in [2.75, 3.05) is 7.11 Å². The Labute approximate surface area is 129 Å². The summed E-state index contributed by atoms with van der Waals surface area (Å²) in [5, 5.41) is 9.85. The van der Waals surface area contributed by atoms with Gasteiger partial charge in [0.15, 0.2) is 5.78 Å². The number of allylic oxidation sites excluding steroid dienone is 1. The number of Topliss-reactive ketones (excluding diaryl/α,β-unsaturated/α-hetero) is 1. The predicted octanol–water partition coefficient (Wildman–Crippen LogP) is 3.84. The molecule has 0 amide bonds. The summed E-state index contributed by atoms with van der Waals surface area (Å²) in [6, 6.07) is 9.47. The number of aryl methyl sites for hydroxylation is 2. The molecule has 0 fully saturated rings. The summed E-state index contributed by atoms with van der Waals surface area (Å²) in [7, 11) is 1.58. The third-order valence-corrected chi connectivity index (χ3v) is 4.09. The highest BCUT2D eigenvalue weighted by molar-refractivity contribution is 6.17. The first-order valence-corrected chi connectivity index (χ1v) is 7.22. The zero-order chi connectivity index (χ0) is 15.9. The Balaban J connectivity index is 2.03. The van der Waals surface area contributed by atoms with Gasteiger partial charge in [-0.15, -0.1) is 0 Å². The van der Waals surface area contributed by atoms with Crippen LogP contribution in [0.5, 0.6) is 11.5 Å². The first-order valence-electron chi connectivity index (χ1n) is 7.22. The molecule has 0 radical (unpaired) electrons. The standard InChI is InChI=1S/C19H18O3/c1-11-7-13(8-12(2)18(11)20)9-15-10-14-5-4-6-16(22-3)17(14)19(15)21/h4-9,20H,10H2,1-3H3. The fourth-order valence-corrected chi connectivity index (χ4v) is 2.99. The number of benzene rings is 2. The molecule has 1 aliphatic carbocycles. The van der Waals surface area contributed by atoms with Crippen LogP contribution in [0.1, 0.15) is 32.6 Å². The van der Waals surface area contributed by atoms with Crippen LogP contribution in [0, 0.1) is 13.8 Å². The van der Waals surface area contributed by atoms with Crippen LogP contribution in [0.3, 0.4) is 0 Å². The predicted molar refractivity (Wildman–Crippen MR) is 86.6 cm³/mol. The van der Waals surface area contributed by atoms with Crippen molar-refractivity contribution in [3.8, 4) is 11.5 Å². The highest BCUT2D eigenvalue weighted by atomic mass is 16.5. The number of ether oxygens (including phenoxy) is 1. The molecule has 2 aromatic carbocycles. The molecule has 0 saturated carbocycles. The van der Waals surface area contributed by atoms with Crippen LogP contribution in [-0.4, -0.2) is 18.0 Å². The monoisotopic (exact) mass is 294 g/mol. The van der Waals surface area contributed by atoms with Crippen LogP contribution in [0.2, 0.25) is 0 Å². The van der Waals surface area contributed by atoms with E-state index in [-0.39, 0.29) is 5.78 Å². The Morgan fingerprint density at radius 2 is 1.86 bits per heavy atom. The largest absolute Gasteiger partial charge is 0.507 e. The minimum absolute atomic E-state index is 0.0239. The number of phenolic OH excluding ortho intramolecular Hbond substituents is 1. The molecule has 0 bridgehead atoms. The van der Waals surface area contributed by atoms with Crippen molar-refractivity contribution in [3.63, 3.8) is 0 Å². The third kappa shape index (κ3) is 2.29. The summed E-state index contributed by atoms with van der Waals surface area (Å²) < 4.78 is 5.30. The molecule has 3 rings (SSSR count). The Morgan fingerprint density at radius 1 is 1.18 bits per heavy atom. The molecule has 0 unspecified atom stereocenters. The minimum atomic E-state index is 0.0239. The molecule has 112 valence electrons. The van der Waals surface area contributed by atoms with E-state index in [2.05, 4.69) is 0 Å². The van der Waals surface area contributed by atoms with E-state index in [1.54, 1.807) is 7.11 Å². The van der Waals surface area contributed by atoms with E-state index in [0.717, 1.165) is 27.8 Å². The van der Waals surface area contributed by atoms with Gasteiger partial charge < -0.3 is 9.84 Å². The van der Waals surface area contributed by atoms with Gasteiger partial charge in [-0.3, -0.25) is 4.79 Å². The van der Waals surface area contributed by atoms with Crippen LogP contribution >= 0.6 is 0 Å². The second kappa shape index (κ2) is 5.34. The number of aromatic hydroxyl groups is 1. The minimum Gasteiger partial charge on any atom is -0.507 e. The zero-order valence-corrected chi connectivity index (χ0v) is 12.9. The van der Waals surface area contributed by atoms with Gasteiger partial charge in [0.2, 0.25) is 0 Å². The lowest BCUT2D eigenvalue weighted by Crippen LogP contribution is -1.99. The number of methoxy groups -OCH3 is 1. The average Bonchev–Trinajstić information content (AvgIpc) is 2.81. The van der Waals surface area contributed by atoms with Crippen molar-refractivity contribution >= 4 is 11.9 Å². The van der Waals surface area contributed by atoms with Crippen LogP contribution in [0.4, 0.5) is 0 Å². The molecular weight excluding hydrogens is 276 g/mol. The number of hydrogen-bond acceptors (Lipinski definition) is 3. The Bertz CT molecular complexity index is 777. The van der Waals surface area contributed by atoms with Gasteiger partial charge in [0.05, 0.1) is 12.7 Å². The number of ketones is 1. The SMILES string of the molecule is COc1cccc2c1C(=O)C(=Cc1cc(C)c(O)c(C)c1)C2. The van der Waals surface area contributed by atoms with Crippen molar-refractivity contribution in [2.45, 2.75) is 20.3 Å². The van der Waals surface area contributed by atoms with Crippen molar-refractivity contribution in [1.82, 2.24) is 0 Å². The number of rotatable bonds is 2. The Kier molecular flexibility index (Phi) is 3.49. The van der Waals surface area contributed by atoms with E-state index in [9.17, 15) is 9.90 Å². The fraction of sp³-hybridized carbons (Fsp3) is 0.211. The van der Waals surface area contributed by atoms with Gasteiger partial charge in [0.1, 0.15) is 11.5 Å². The molecular formula is C19H18O3. The number of fused-ring (bicyclic) bond motifs is 1. The quantitative estimate of drug-likeness (QED) is 0.856. The molecule has 0 spiro atoms. The summed E-state index contributed by atoms with van der Waals surface area (Å²) in [4.78, 5) is 12.6. The normalized spacial score (nSPS) is 15.2. The molecule has 22 heavy (non-hydrogen) atoms. The molecule has 0 aliphatic heterocycles. The first-order chi connectivity index (χ1) is 10.5. The van der Waals surface area contributed by atoms with Crippen molar-refractivity contribution < 1.29 is 14.6 Å². The number of carbonyl (C=O) groups excluding carboxylic acids is 1. The lowest BCUT2D eigenvalue weighted by atomic mass is 10.0. The van der Waals surface area contributed by atoms with E-state index >= 15 is 0 Å². The lowest BCUT2D eigenvalue weighted by molar-refractivity contribution is 0.103. The maximum absolute atomic E-state index is 12.6. The highest BCUT2D eigenvalue weighted by Crippen LogP contribution is 2.34. The Morgan fingerprint density at radius 3 is 2.50 bits per heavy atom. The van der Waals surface area contributed by atoms with Crippen molar-refractivity contribution in [2.24, 2.45) is 0 Å². The molecule has 1 aliphatic rings. The topological polar surface area (TPSA) is 46.5 Å². The van der Waals surface area contributed by atoms with E-state index in [1.807, 2.05) is 50.3 Å². The van der Waals surface area contributed by atoms with Crippen molar-refractivity contribution in [1.29, 1.82) is 0 Å². The summed E-state index contributed by atoms with van der Waals surface area (Å²) in [6.45, 7) is 3.72. The van der Waals surface area contributed by atoms with E-state index in [0.29, 0.717) is 23.5 Å². The van der Waals surface area contributed by atoms with Gasteiger partial charge >= 0.3 is 0 Å². The van der Waals surface area contributed by atoms with Crippen LogP contribution < -0.4 is 4.74 Å². The molecule has 3 nitrogen and oxygen atoms in total. The molecule has 2 aromatic rings. The second-order valence-electron chi connectivity index (χ2n) is 5.67. The fourth-order valence-electron chi connectivity index (χ4n) is 2.99. The van der Waals surface area contributed by atoms with Gasteiger partial charge in [-0.05, 0) is 60.4 Å². The van der Waals surface area contributed by atoms with Gasteiger partial charge in [0, 0.05) is 12.0 Å². The van der Waals surface area contributed by atoms with E-state index in [1.165, 1.54) is 0 Å². The number of carbonyl (C=O) groups is 1. The maximum Gasteiger partial charge on any atom is 0.193 e. The van der Waals surface area contributed by atoms with E-state index in [4.69, 9.17) is 4.74 Å².